The van der Waals surface area contributed by atoms with Crippen molar-refractivity contribution >= 4 is 17.5 Å². The number of anilines is 2. The monoisotopic (exact) mass is 370 g/mol. The fourth-order valence-corrected chi connectivity index (χ4v) is 2.86. The van der Waals surface area contributed by atoms with E-state index in [0.717, 1.165) is 30.9 Å². The number of nitrogens with one attached hydrogen (secondary N) is 2. The van der Waals surface area contributed by atoms with Crippen LogP contribution in [0.4, 0.5) is 11.6 Å². The Hall–Kier alpha value is -2.67. The molecule has 7 heteroatoms. The zero-order valence-corrected chi connectivity index (χ0v) is 16.0. The number of rotatable bonds is 7. The Balaban J connectivity index is 1.63. The van der Waals surface area contributed by atoms with Gasteiger partial charge in [-0.15, -0.1) is 0 Å². The molecule has 1 aromatic carbocycles. The van der Waals surface area contributed by atoms with Crippen molar-refractivity contribution in [3.05, 3.63) is 41.7 Å². The van der Waals surface area contributed by atoms with Gasteiger partial charge < -0.3 is 20.1 Å². The first kappa shape index (κ1) is 19.1. The largest absolute Gasteiger partial charge is 0.491 e. The number of aromatic nitrogens is 2. The Bertz CT molecular complexity index is 771. The summed E-state index contributed by atoms with van der Waals surface area (Å²) < 4.78 is 11.2. The topological polar surface area (TPSA) is 85.4 Å². The molecule has 2 aromatic rings. The molecule has 1 saturated heterocycles. The van der Waals surface area contributed by atoms with Gasteiger partial charge in [0.2, 0.25) is 5.95 Å². The average Bonchev–Trinajstić information content (AvgIpc) is 3.14. The lowest BCUT2D eigenvalue weighted by Crippen LogP contribution is -2.21. The molecule has 3 rings (SSSR count). The molecule has 1 aromatic heterocycles. The molecule has 1 fully saturated rings. The number of carbonyl (C=O) groups excluding carboxylic acids is 1. The van der Waals surface area contributed by atoms with Crippen molar-refractivity contribution < 1.29 is 14.3 Å². The predicted octanol–water partition coefficient (Wildman–Crippen LogP) is 3.42. The van der Waals surface area contributed by atoms with Crippen LogP contribution >= 0.6 is 0 Å². The summed E-state index contributed by atoms with van der Waals surface area (Å²) in [5.41, 5.74) is 1.73. The van der Waals surface area contributed by atoms with Gasteiger partial charge in [-0.05, 0) is 63.9 Å². The van der Waals surface area contributed by atoms with E-state index in [1.165, 1.54) is 0 Å². The molecule has 0 aliphatic carbocycles. The minimum Gasteiger partial charge on any atom is -0.491 e. The lowest BCUT2D eigenvalue weighted by molar-refractivity contribution is 0.102. The normalized spacial score (nSPS) is 16.4. The van der Waals surface area contributed by atoms with Gasteiger partial charge in [0.05, 0.1) is 12.2 Å². The number of amides is 1. The number of hydrogen-bond donors (Lipinski definition) is 2. The van der Waals surface area contributed by atoms with Gasteiger partial charge in [-0.3, -0.25) is 4.79 Å². The SMILES string of the molecule is Cc1cc(C(=O)Nc2ccc(OC(C)C)cc2)nc(NCC2CCCO2)n1. The Kier molecular flexibility index (Phi) is 6.24. The molecule has 0 spiro atoms. The number of nitrogens with zero attached hydrogens (tertiary/aromatic N) is 2. The molecule has 1 unspecified atom stereocenters. The molecule has 2 N–H and O–H groups in total. The van der Waals surface area contributed by atoms with Gasteiger partial charge in [0, 0.05) is 24.5 Å². The third kappa shape index (κ3) is 5.65. The van der Waals surface area contributed by atoms with Crippen LogP contribution in [-0.4, -0.2) is 41.2 Å². The molecule has 7 nitrogen and oxygen atoms in total. The predicted molar refractivity (Wildman–Crippen MR) is 104 cm³/mol. The first-order valence-electron chi connectivity index (χ1n) is 9.29. The highest BCUT2D eigenvalue weighted by molar-refractivity contribution is 6.03. The molecule has 144 valence electrons. The second kappa shape index (κ2) is 8.81. The van der Waals surface area contributed by atoms with Gasteiger partial charge >= 0.3 is 0 Å². The minimum atomic E-state index is -0.279. The number of carbonyl (C=O) groups is 1. The van der Waals surface area contributed by atoms with Crippen molar-refractivity contribution in [3.63, 3.8) is 0 Å². The zero-order chi connectivity index (χ0) is 19.2. The molecule has 1 amide bonds. The lowest BCUT2D eigenvalue weighted by Gasteiger charge is -2.12. The van der Waals surface area contributed by atoms with Crippen molar-refractivity contribution in [2.75, 3.05) is 23.8 Å². The van der Waals surface area contributed by atoms with E-state index in [1.54, 1.807) is 18.2 Å². The van der Waals surface area contributed by atoms with Crippen LogP contribution in [0.25, 0.3) is 0 Å². The molecule has 0 bridgehead atoms. The Morgan fingerprint density at radius 3 is 2.74 bits per heavy atom. The molecule has 0 radical (unpaired) electrons. The van der Waals surface area contributed by atoms with Gasteiger partial charge in [-0.2, -0.15) is 0 Å². The van der Waals surface area contributed by atoms with Gasteiger partial charge in [-0.25, -0.2) is 9.97 Å². The van der Waals surface area contributed by atoms with Gasteiger partial charge in [0.1, 0.15) is 11.4 Å². The maximum Gasteiger partial charge on any atom is 0.274 e. The van der Waals surface area contributed by atoms with Gasteiger partial charge in [-0.1, -0.05) is 0 Å². The number of benzene rings is 1. The van der Waals surface area contributed by atoms with Gasteiger partial charge in [0.25, 0.3) is 5.91 Å². The van der Waals surface area contributed by atoms with Crippen LogP contribution in [0.5, 0.6) is 5.75 Å². The van der Waals surface area contributed by atoms with Crippen LogP contribution in [0.15, 0.2) is 30.3 Å². The lowest BCUT2D eigenvalue weighted by atomic mass is 10.2. The van der Waals surface area contributed by atoms with Crippen molar-refractivity contribution in [1.29, 1.82) is 0 Å². The Morgan fingerprint density at radius 1 is 1.30 bits per heavy atom. The van der Waals surface area contributed by atoms with Crippen LogP contribution < -0.4 is 15.4 Å². The van der Waals surface area contributed by atoms with Crippen LogP contribution in [0.2, 0.25) is 0 Å². The van der Waals surface area contributed by atoms with E-state index in [4.69, 9.17) is 9.47 Å². The van der Waals surface area contributed by atoms with Crippen LogP contribution in [0.1, 0.15) is 42.9 Å². The second-order valence-corrected chi connectivity index (χ2v) is 6.88. The summed E-state index contributed by atoms with van der Waals surface area (Å²) in [6.07, 6.45) is 2.39. The number of aryl methyl sites for hydroxylation is 1. The van der Waals surface area contributed by atoms with E-state index >= 15 is 0 Å². The van der Waals surface area contributed by atoms with Gasteiger partial charge in [0.15, 0.2) is 0 Å². The Morgan fingerprint density at radius 2 is 2.07 bits per heavy atom. The van der Waals surface area contributed by atoms with E-state index in [0.29, 0.717) is 23.9 Å². The fraction of sp³-hybridized carbons (Fsp3) is 0.450. The molecule has 1 aliphatic rings. The second-order valence-electron chi connectivity index (χ2n) is 6.88. The first-order chi connectivity index (χ1) is 13.0. The summed E-state index contributed by atoms with van der Waals surface area (Å²) >= 11 is 0. The number of ether oxygens (including phenoxy) is 2. The van der Waals surface area contributed by atoms with Crippen LogP contribution in [0.3, 0.4) is 0 Å². The van der Waals surface area contributed by atoms with Crippen molar-refractivity contribution in [3.8, 4) is 5.75 Å². The highest BCUT2D eigenvalue weighted by Crippen LogP contribution is 2.18. The molecular weight excluding hydrogens is 344 g/mol. The first-order valence-corrected chi connectivity index (χ1v) is 9.29. The van der Waals surface area contributed by atoms with Crippen molar-refractivity contribution in [1.82, 2.24) is 9.97 Å². The maximum atomic E-state index is 12.6. The fourth-order valence-electron chi connectivity index (χ4n) is 2.86. The van der Waals surface area contributed by atoms with Crippen molar-refractivity contribution in [2.45, 2.75) is 45.8 Å². The summed E-state index contributed by atoms with van der Waals surface area (Å²) in [5.74, 6) is 0.927. The van der Waals surface area contributed by atoms with E-state index in [9.17, 15) is 4.79 Å². The molecule has 1 atom stereocenters. The summed E-state index contributed by atoms with van der Waals surface area (Å²) in [5, 5.41) is 6.02. The zero-order valence-electron chi connectivity index (χ0n) is 16.0. The molecule has 1 aliphatic heterocycles. The highest BCUT2D eigenvalue weighted by atomic mass is 16.5. The summed E-state index contributed by atoms with van der Waals surface area (Å²) in [6, 6.07) is 8.94. The molecule has 27 heavy (non-hydrogen) atoms. The number of hydrogen-bond acceptors (Lipinski definition) is 6. The quantitative estimate of drug-likeness (QED) is 0.777. The summed E-state index contributed by atoms with van der Waals surface area (Å²) in [6.45, 7) is 7.22. The molecule has 0 saturated carbocycles. The summed E-state index contributed by atoms with van der Waals surface area (Å²) in [4.78, 5) is 21.2. The highest BCUT2D eigenvalue weighted by Gasteiger charge is 2.16. The average molecular weight is 370 g/mol. The van der Waals surface area contributed by atoms with E-state index in [1.807, 2.05) is 32.9 Å². The third-order valence-corrected chi connectivity index (χ3v) is 4.08. The summed E-state index contributed by atoms with van der Waals surface area (Å²) in [7, 11) is 0. The maximum absolute atomic E-state index is 12.6. The standard InChI is InChI=1S/C20H26N4O3/c1-13(2)27-16-8-6-15(7-9-16)23-19(25)18-11-14(3)22-20(24-18)21-12-17-5-4-10-26-17/h6-9,11,13,17H,4-5,10,12H2,1-3H3,(H,23,25)(H,21,22,24). The van der Waals surface area contributed by atoms with E-state index in [2.05, 4.69) is 20.6 Å². The van der Waals surface area contributed by atoms with E-state index < -0.39 is 0 Å². The molecule has 2 heterocycles. The Labute approximate surface area is 159 Å². The van der Waals surface area contributed by atoms with E-state index in [-0.39, 0.29) is 18.1 Å². The third-order valence-electron chi connectivity index (χ3n) is 4.08. The minimum absolute atomic E-state index is 0.106. The van der Waals surface area contributed by atoms with Crippen LogP contribution in [0, 0.1) is 6.92 Å². The molecular formula is C20H26N4O3. The van der Waals surface area contributed by atoms with Crippen molar-refractivity contribution in [2.24, 2.45) is 0 Å². The smallest absolute Gasteiger partial charge is 0.274 e. The van der Waals surface area contributed by atoms with Crippen LogP contribution in [-0.2, 0) is 4.74 Å².